The molecule has 0 bridgehead atoms. The van der Waals surface area contributed by atoms with E-state index in [9.17, 15) is 0 Å². The second-order valence-electron chi connectivity index (χ2n) is 3.69. The lowest BCUT2D eigenvalue weighted by Gasteiger charge is -2.05. The lowest BCUT2D eigenvalue weighted by Crippen LogP contribution is -1.98. The Labute approximate surface area is 89.2 Å². The number of hydrogen-bond donors (Lipinski definition) is 0. The molecule has 1 nitrogen and oxygen atoms in total. The molecule has 1 heterocycles. The molecule has 0 N–H and O–H groups in total. The van der Waals surface area contributed by atoms with Crippen molar-refractivity contribution in [2.45, 2.75) is 6.42 Å². The Bertz CT molecular complexity index is 516. The van der Waals surface area contributed by atoms with Crippen molar-refractivity contribution in [2.24, 2.45) is 4.99 Å². The van der Waals surface area contributed by atoms with Gasteiger partial charge in [-0.3, -0.25) is 0 Å². The highest BCUT2D eigenvalue weighted by atomic mass is 14.8. The van der Waals surface area contributed by atoms with E-state index in [-0.39, 0.29) is 0 Å². The van der Waals surface area contributed by atoms with Gasteiger partial charge in [0.1, 0.15) is 0 Å². The van der Waals surface area contributed by atoms with Crippen molar-refractivity contribution in [3.05, 3.63) is 59.7 Å². The van der Waals surface area contributed by atoms with Crippen LogP contribution in [0.5, 0.6) is 0 Å². The van der Waals surface area contributed by atoms with Crippen LogP contribution in [0.15, 0.2) is 59.1 Å². The van der Waals surface area contributed by atoms with Crippen LogP contribution >= 0.6 is 0 Å². The Morgan fingerprint density at radius 3 is 2.93 bits per heavy atom. The van der Waals surface area contributed by atoms with Crippen LogP contribution in [0.25, 0.3) is 6.08 Å². The second-order valence-corrected chi connectivity index (χ2v) is 3.69. The van der Waals surface area contributed by atoms with Crippen LogP contribution in [-0.2, 0) is 0 Å². The first-order valence-electron chi connectivity index (χ1n) is 5.16. The van der Waals surface area contributed by atoms with Crippen LogP contribution in [0, 0.1) is 0 Å². The van der Waals surface area contributed by atoms with E-state index >= 15 is 0 Å². The maximum atomic E-state index is 4.66. The molecule has 0 spiro atoms. The van der Waals surface area contributed by atoms with Gasteiger partial charge in [-0.2, -0.15) is 0 Å². The Morgan fingerprint density at radius 1 is 1.00 bits per heavy atom. The van der Waals surface area contributed by atoms with Gasteiger partial charge in [0.05, 0.1) is 11.4 Å². The zero-order valence-electron chi connectivity index (χ0n) is 8.35. The summed E-state index contributed by atoms with van der Waals surface area (Å²) >= 11 is 0. The molecule has 0 saturated heterocycles. The minimum Gasteiger partial charge on any atom is -0.248 e. The van der Waals surface area contributed by atoms with Crippen LogP contribution in [0.2, 0.25) is 0 Å². The van der Waals surface area contributed by atoms with Crippen molar-refractivity contribution >= 4 is 17.5 Å². The van der Waals surface area contributed by atoms with Crippen molar-refractivity contribution in [2.75, 3.05) is 0 Å². The van der Waals surface area contributed by atoms with Gasteiger partial charge < -0.3 is 0 Å². The molecule has 0 aromatic heterocycles. The molecule has 2 aliphatic rings. The molecule has 0 fully saturated rings. The van der Waals surface area contributed by atoms with Crippen LogP contribution in [0.3, 0.4) is 0 Å². The molecule has 0 unspecified atom stereocenters. The third-order valence-electron chi connectivity index (χ3n) is 2.67. The number of rotatable bonds is 0. The molecule has 1 aromatic carbocycles. The molecule has 3 rings (SSSR count). The summed E-state index contributed by atoms with van der Waals surface area (Å²) in [6.45, 7) is 0. The molecule has 1 aliphatic carbocycles. The number of aliphatic imine (C=N–C) groups is 1. The lowest BCUT2D eigenvalue weighted by atomic mass is 10.0. The van der Waals surface area contributed by atoms with Crippen LogP contribution in [-0.4, -0.2) is 5.71 Å². The van der Waals surface area contributed by atoms with Crippen molar-refractivity contribution in [1.82, 2.24) is 0 Å². The van der Waals surface area contributed by atoms with Crippen molar-refractivity contribution in [3.63, 3.8) is 0 Å². The van der Waals surface area contributed by atoms with E-state index < -0.39 is 0 Å². The molecule has 0 amide bonds. The fraction of sp³-hybridized carbons (Fsp3) is 0.0714. The summed E-state index contributed by atoms with van der Waals surface area (Å²) in [5.74, 6) is 0. The summed E-state index contributed by atoms with van der Waals surface area (Å²) < 4.78 is 0. The number of allylic oxidation sites excluding steroid dienone is 5. The Morgan fingerprint density at radius 2 is 1.93 bits per heavy atom. The number of fused-ring (bicyclic) bond motifs is 2. The maximum absolute atomic E-state index is 4.66. The van der Waals surface area contributed by atoms with E-state index in [1.807, 2.05) is 12.1 Å². The molecule has 0 radical (unpaired) electrons. The Hall–Kier alpha value is -1.89. The third-order valence-corrected chi connectivity index (χ3v) is 2.67. The minimum atomic E-state index is 1.01. The molecule has 15 heavy (non-hydrogen) atoms. The molecule has 0 saturated carbocycles. The molecule has 1 heteroatoms. The fourth-order valence-electron chi connectivity index (χ4n) is 1.87. The summed E-state index contributed by atoms with van der Waals surface area (Å²) in [6.07, 6.45) is 11.7. The van der Waals surface area contributed by atoms with E-state index in [1.54, 1.807) is 0 Å². The van der Waals surface area contributed by atoms with Gasteiger partial charge in [0.25, 0.3) is 0 Å². The minimum absolute atomic E-state index is 1.01. The standard InChI is InChI=1S/C14H11N/c1-3-7-13-11(5-1)9-10-12-6-2-4-8-14(12)15-13/h1,3-10H,2H2. The third kappa shape index (κ3) is 1.46. The summed E-state index contributed by atoms with van der Waals surface area (Å²) in [7, 11) is 0. The van der Waals surface area contributed by atoms with Gasteiger partial charge in [0.2, 0.25) is 0 Å². The zero-order chi connectivity index (χ0) is 10.1. The van der Waals surface area contributed by atoms with Crippen LogP contribution < -0.4 is 0 Å². The quantitative estimate of drug-likeness (QED) is 0.596. The van der Waals surface area contributed by atoms with Gasteiger partial charge in [-0.25, -0.2) is 4.99 Å². The maximum Gasteiger partial charge on any atom is 0.0709 e. The summed E-state index contributed by atoms with van der Waals surface area (Å²) in [5, 5.41) is 0. The largest absolute Gasteiger partial charge is 0.248 e. The summed E-state index contributed by atoms with van der Waals surface area (Å²) in [4.78, 5) is 4.66. The van der Waals surface area contributed by atoms with Crippen LogP contribution in [0.1, 0.15) is 12.0 Å². The van der Waals surface area contributed by atoms with Crippen molar-refractivity contribution in [3.8, 4) is 0 Å². The van der Waals surface area contributed by atoms with Gasteiger partial charge in [-0.05, 0) is 24.1 Å². The molecule has 1 aromatic rings. The first-order chi connectivity index (χ1) is 7.43. The van der Waals surface area contributed by atoms with E-state index in [0.29, 0.717) is 0 Å². The highest BCUT2D eigenvalue weighted by Crippen LogP contribution is 2.26. The number of benzene rings is 1. The molecule has 72 valence electrons. The van der Waals surface area contributed by atoms with Crippen molar-refractivity contribution < 1.29 is 0 Å². The number of hydrogen-bond acceptors (Lipinski definition) is 1. The molecule has 1 aliphatic heterocycles. The monoisotopic (exact) mass is 193 g/mol. The van der Waals surface area contributed by atoms with Crippen LogP contribution in [0.4, 0.5) is 5.69 Å². The predicted octanol–water partition coefficient (Wildman–Crippen LogP) is 3.67. The predicted molar refractivity (Wildman–Crippen MR) is 64.4 cm³/mol. The zero-order valence-corrected chi connectivity index (χ0v) is 8.35. The van der Waals surface area contributed by atoms with Gasteiger partial charge >= 0.3 is 0 Å². The highest BCUT2D eigenvalue weighted by molar-refractivity contribution is 6.13. The number of para-hydroxylation sites is 1. The first-order valence-corrected chi connectivity index (χ1v) is 5.16. The SMILES string of the molecule is C1=CC2=Nc3ccccc3C=CC2=CC1. The highest BCUT2D eigenvalue weighted by Gasteiger charge is 2.09. The van der Waals surface area contributed by atoms with Gasteiger partial charge in [0.15, 0.2) is 0 Å². The van der Waals surface area contributed by atoms with Crippen molar-refractivity contribution in [1.29, 1.82) is 0 Å². The average molecular weight is 193 g/mol. The van der Waals surface area contributed by atoms with E-state index in [4.69, 9.17) is 0 Å². The van der Waals surface area contributed by atoms with Gasteiger partial charge in [-0.15, -0.1) is 0 Å². The first kappa shape index (κ1) is 8.42. The van der Waals surface area contributed by atoms with E-state index in [0.717, 1.165) is 17.8 Å². The van der Waals surface area contributed by atoms with E-state index in [1.165, 1.54) is 11.1 Å². The summed E-state index contributed by atoms with van der Waals surface area (Å²) in [6, 6.07) is 8.22. The number of nitrogens with zero attached hydrogens (tertiary/aromatic N) is 1. The summed E-state index contributed by atoms with van der Waals surface area (Å²) in [5.41, 5.74) is 4.54. The average Bonchev–Trinajstić information content (AvgIpc) is 2.48. The normalized spacial score (nSPS) is 17.3. The molecule has 0 atom stereocenters. The topological polar surface area (TPSA) is 12.4 Å². The molecular formula is C14H11N. The Kier molecular flexibility index (Phi) is 1.88. The lowest BCUT2D eigenvalue weighted by molar-refractivity contribution is 1.35. The van der Waals surface area contributed by atoms with Gasteiger partial charge in [-0.1, -0.05) is 42.5 Å². The second kappa shape index (κ2) is 3.35. The molecular weight excluding hydrogens is 182 g/mol. The Balaban J connectivity index is 2.21. The van der Waals surface area contributed by atoms with Gasteiger partial charge in [0, 0.05) is 5.56 Å². The van der Waals surface area contributed by atoms with E-state index in [2.05, 4.69) is 47.5 Å². The smallest absolute Gasteiger partial charge is 0.0709 e. The fourth-order valence-corrected chi connectivity index (χ4v) is 1.87.